The first-order chi connectivity index (χ1) is 11.1. The molecule has 1 aliphatic rings. The molecule has 1 heterocycles. The van der Waals surface area contributed by atoms with Gasteiger partial charge >= 0.3 is 0 Å². The maximum atomic E-state index is 9.09. The van der Waals surface area contributed by atoms with Gasteiger partial charge in [0.05, 0.1) is 11.6 Å². The quantitative estimate of drug-likeness (QED) is 0.506. The summed E-state index contributed by atoms with van der Waals surface area (Å²) in [6.07, 6.45) is 0. The van der Waals surface area contributed by atoms with Gasteiger partial charge < -0.3 is 9.47 Å². The lowest BCUT2D eigenvalue weighted by Crippen LogP contribution is -2.18. The van der Waals surface area contributed by atoms with E-state index in [2.05, 4.69) is 53.7 Å². The Hall–Kier alpha value is -2.47. The lowest BCUT2D eigenvalue weighted by Gasteiger charge is -2.31. The average molecular weight is 321 g/mol. The molecule has 0 radical (unpaired) electrons. The summed E-state index contributed by atoms with van der Waals surface area (Å²) in [5, 5.41) is 9.09. The number of benzene rings is 2. The Morgan fingerprint density at radius 3 is 2.08 bits per heavy atom. The van der Waals surface area contributed by atoms with E-state index in [0.717, 1.165) is 17.1 Å². The molecular weight excluding hydrogens is 298 g/mol. The van der Waals surface area contributed by atoms with E-state index in [1.807, 2.05) is 6.07 Å². The highest BCUT2D eigenvalue weighted by Gasteiger charge is 2.30. The third-order valence-corrected chi connectivity index (χ3v) is 4.23. The number of rotatable bonds is 0. The highest BCUT2D eigenvalue weighted by Crippen LogP contribution is 2.51. The normalized spacial score (nSPS) is 13.2. The zero-order valence-corrected chi connectivity index (χ0v) is 15.2. The zero-order chi connectivity index (χ0) is 17.7. The zero-order valence-electron chi connectivity index (χ0n) is 15.2. The van der Waals surface area contributed by atoms with Crippen LogP contribution in [0.25, 0.3) is 0 Å². The molecule has 0 aromatic heterocycles. The molecule has 3 rings (SSSR count). The fraction of sp³-hybridized carbons (Fsp3) is 0.381. The van der Waals surface area contributed by atoms with Gasteiger partial charge in [0.15, 0.2) is 23.0 Å². The molecule has 1 aliphatic heterocycles. The number of hydrogen-bond donors (Lipinski definition) is 0. The van der Waals surface area contributed by atoms with Crippen molar-refractivity contribution in [1.29, 1.82) is 5.26 Å². The number of ether oxygens (including phenoxy) is 2. The molecule has 0 saturated heterocycles. The molecule has 0 spiro atoms. The lowest BCUT2D eigenvalue weighted by atomic mass is 9.80. The molecule has 3 nitrogen and oxygen atoms in total. The Labute approximate surface area is 143 Å². The van der Waals surface area contributed by atoms with Crippen LogP contribution in [-0.2, 0) is 10.8 Å². The standard InChI is InChI=1S/C21H23NO2/c1-20(2,3)14-10-15(21(4,5)6)19-18(11-14)23-17-9-13(12-22)7-8-16(17)24-19/h7-11H,1-6H3. The Morgan fingerprint density at radius 1 is 0.792 bits per heavy atom. The molecule has 0 saturated carbocycles. The van der Waals surface area contributed by atoms with Crippen LogP contribution in [-0.4, -0.2) is 0 Å². The van der Waals surface area contributed by atoms with Crippen molar-refractivity contribution in [3.63, 3.8) is 0 Å². The van der Waals surface area contributed by atoms with Gasteiger partial charge in [0.2, 0.25) is 0 Å². The molecule has 0 unspecified atom stereocenters. The van der Waals surface area contributed by atoms with Crippen LogP contribution >= 0.6 is 0 Å². The minimum Gasteiger partial charge on any atom is -0.449 e. The summed E-state index contributed by atoms with van der Waals surface area (Å²) < 4.78 is 12.3. The van der Waals surface area contributed by atoms with Gasteiger partial charge in [0, 0.05) is 11.6 Å². The van der Waals surface area contributed by atoms with Crippen LogP contribution in [0.15, 0.2) is 30.3 Å². The van der Waals surface area contributed by atoms with Crippen LogP contribution < -0.4 is 9.47 Å². The molecule has 2 aromatic rings. The number of nitrogens with zero attached hydrogens (tertiary/aromatic N) is 1. The first kappa shape index (κ1) is 16.4. The second kappa shape index (κ2) is 5.27. The van der Waals surface area contributed by atoms with Crippen molar-refractivity contribution in [2.45, 2.75) is 52.4 Å². The Balaban J connectivity index is 2.19. The highest BCUT2D eigenvalue weighted by molar-refractivity contribution is 5.62. The molecule has 124 valence electrons. The van der Waals surface area contributed by atoms with Crippen molar-refractivity contribution in [2.75, 3.05) is 0 Å². The molecule has 24 heavy (non-hydrogen) atoms. The summed E-state index contributed by atoms with van der Waals surface area (Å²) >= 11 is 0. The molecule has 0 aliphatic carbocycles. The van der Waals surface area contributed by atoms with Gasteiger partial charge in [0.1, 0.15) is 0 Å². The third kappa shape index (κ3) is 2.85. The summed E-state index contributed by atoms with van der Waals surface area (Å²) in [7, 11) is 0. The smallest absolute Gasteiger partial charge is 0.173 e. The monoisotopic (exact) mass is 321 g/mol. The van der Waals surface area contributed by atoms with Crippen molar-refractivity contribution in [1.82, 2.24) is 0 Å². The summed E-state index contributed by atoms with van der Waals surface area (Å²) in [6, 6.07) is 11.7. The number of hydrogen-bond acceptors (Lipinski definition) is 3. The summed E-state index contributed by atoms with van der Waals surface area (Å²) in [5.41, 5.74) is 2.82. The number of nitriles is 1. The minimum atomic E-state index is -0.0706. The van der Waals surface area contributed by atoms with E-state index in [9.17, 15) is 0 Å². The fourth-order valence-corrected chi connectivity index (χ4v) is 2.74. The molecule has 0 fully saturated rings. The summed E-state index contributed by atoms with van der Waals surface area (Å²) in [6.45, 7) is 13.1. The van der Waals surface area contributed by atoms with Crippen LogP contribution in [0.5, 0.6) is 23.0 Å². The Morgan fingerprint density at radius 2 is 1.50 bits per heavy atom. The van der Waals surface area contributed by atoms with E-state index in [4.69, 9.17) is 14.7 Å². The highest BCUT2D eigenvalue weighted by atomic mass is 16.6. The van der Waals surface area contributed by atoms with E-state index in [1.54, 1.807) is 18.2 Å². The Kier molecular flexibility index (Phi) is 3.60. The van der Waals surface area contributed by atoms with Gasteiger partial charge in [-0.1, -0.05) is 47.6 Å². The average Bonchev–Trinajstić information content (AvgIpc) is 2.49. The predicted molar refractivity (Wildman–Crippen MR) is 95.1 cm³/mol. The van der Waals surface area contributed by atoms with Crippen LogP contribution in [0.3, 0.4) is 0 Å². The summed E-state index contributed by atoms with van der Waals surface area (Å²) in [4.78, 5) is 0. The topological polar surface area (TPSA) is 42.2 Å². The van der Waals surface area contributed by atoms with Gasteiger partial charge in [0.25, 0.3) is 0 Å². The largest absolute Gasteiger partial charge is 0.449 e. The fourth-order valence-electron chi connectivity index (χ4n) is 2.74. The van der Waals surface area contributed by atoms with Crippen molar-refractivity contribution < 1.29 is 9.47 Å². The van der Waals surface area contributed by atoms with Gasteiger partial charge in [-0.3, -0.25) is 0 Å². The SMILES string of the molecule is CC(C)(C)c1cc2c(c(C(C)(C)C)c1)Oc1ccc(C#N)cc1O2. The molecule has 0 N–H and O–H groups in total. The minimum absolute atomic E-state index is 0.00711. The summed E-state index contributed by atoms with van der Waals surface area (Å²) in [5.74, 6) is 2.73. The van der Waals surface area contributed by atoms with Crippen LogP contribution in [0.2, 0.25) is 0 Å². The van der Waals surface area contributed by atoms with Crippen LogP contribution in [0, 0.1) is 11.3 Å². The van der Waals surface area contributed by atoms with E-state index in [1.165, 1.54) is 5.56 Å². The predicted octanol–water partition coefficient (Wildman–Crippen LogP) is 6.05. The Bertz CT molecular complexity index is 846. The molecule has 0 amide bonds. The molecular formula is C21H23NO2. The van der Waals surface area contributed by atoms with Gasteiger partial charge in [-0.2, -0.15) is 5.26 Å². The second-order valence-electron chi connectivity index (χ2n) is 8.33. The van der Waals surface area contributed by atoms with Crippen molar-refractivity contribution in [3.05, 3.63) is 47.0 Å². The van der Waals surface area contributed by atoms with Crippen molar-refractivity contribution in [3.8, 4) is 29.1 Å². The van der Waals surface area contributed by atoms with Gasteiger partial charge in [-0.15, -0.1) is 0 Å². The maximum Gasteiger partial charge on any atom is 0.173 e. The van der Waals surface area contributed by atoms with E-state index in [0.29, 0.717) is 17.1 Å². The number of fused-ring (bicyclic) bond motifs is 2. The second-order valence-corrected chi connectivity index (χ2v) is 8.33. The van der Waals surface area contributed by atoms with Crippen LogP contribution in [0.4, 0.5) is 0 Å². The first-order valence-electron chi connectivity index (χ1n) is 8.18. The van der Waals surface area contributed by atoms with Gasteiger partial charge in [-0.05, 0) is 34.6 Å². The lowest BCUT2D eigenvalue weighted by molar-refractivity contribution is 0.348. The van der Waals surface area contributed by atoms with Crippen LogP contribution in [0.1, 0.15) is 58.2 Å². The van der Waals surface area contributed by atoms with E-state index >= 15 is 0 Å². The molecule has 3 heteroatoms. The van der Waals surface area contributed by atoms with Gasteiger partial charge in [-0.25, -0.2) is 0 Å². The molecule has 2 aromatic carbocycles. The van der Waals surface area contributed by atoms with Crippen molar-refractivity contribution in [2.24, 2.45) is 0 Å². The van der Waals surface area contributed by atoms with E-state index in [-0.39, 0.29) is 10.8 Å². The first-order valence-corrected chi connectivity index (χ1v) is 8.18. The van der Waals surface area contributed by atoms with E-state index < -0.39 is 0 Å². The maximum absolute atomic E-state index is 9.09. The molecule has 0 atom stereocenters. The van der Waals surface area contributed by atoms with Crippen molar-refractivity contribution >= 4 is 0 Å². The molecule has 0 bridgehead atoms. The third-order valence-electron chi connectivity index (χ3n) is 4.23.